The summed E-state index contributed by atoms with van der Waals surface area (Å²) in [6, 6.07) is 0. The molecule has 0 aromatic rings. The standard InChI is InChI=1S/Cl2H2N2.ClH/c1-3-4-2;/h3-4H;1H. The van der Waals surface area contributed by atoms with Gasteiger partial charge >= 0.3 is 0 Å². The molecule has 0 atom stereocenters. The molecule has 0 aromatic carbocycles. The second-order valence-electron chi connectivity index (χ2n) is 0.189. The Morgan fingerprint density at radius 1 is 1.00 bits per heavy atom. The Morgan fingerprint density at radius 3 is 1.20 bits per heavy atom. The van der Waals surface area contributed by atoms with Gasteiger partial charge in [-0.15, -0.1) is 12.4 Å². The summed E-state index contributed by atoms with van der Waals surface area (Å²) in [7, 11) is 0. The number of nitrogens with one attached hydrogen (secondary N) is 2. The summed E-state index contributed by atoms with van der Waals surface area (Å²) in [5, 5.41) is 0. The first-order valence-electron chi connectivity index (χ1n) is 0.628. The van der Waals surface area contributed by atoms with Crippen LogP contribution in [0.3, 0.4) is 0 Å². The minimum absolute atomic E-state index is 0. The van der Waals surface area contributed by atoms with Gasteiger partial charge in [-0.1, -0.05) is 0 Å². The van der Waals surface area contributed by atoms with Crippen LogP contribution in [0.2, 0.25) is 0 Å². The van der Waals surface area contributed by atoms with Crippen molar-refractivity contribution >= 4 is 36.0 Å². The lowest BCUT2D eigenvalue weighted by atomic mass is 13.0. The van der Waals surface area contributed by atoms with Crippen LogP contribution in [0.1, 0.15) is 0 Å². The smallest absolute Gasteiger partial charge is 0.00763 e. The number of rotatable bonds is 1. The summed E-state index contributed by atoms with van der Waals surface area (Å²) in [6.45, 7) is 0. The molecule has 34 valence electrons. The van der Waals surface area contributed by atoms with Crippen molar-refractivity contribution in [2.45, 2.75) is 0 Å². The Kier molecular flexibility index (Phi) is 16.3. The van der Waals surface area contributed by atoms with Crippen LogP contribution in [0.4, 0.5) is 0 Å². The molecule has 0 unspecified atom stereocenters. The van der Waals surface area contributed by atoms with E-state index in [1.54, 1.807) is 0 Å². The van der Waals surface area contributed by atoms with Gasteiger partial charge in [-0.2, -0.15) is 9.89 Å². The molecule has 2 nitrogen and oxygen atoms in total. The topological polar surface area (TPSA) is 24.1 Å². The minimum Gasteiger partial charge on any atom is -0.155 e. The molecule has 0 radical (unpaired) electrons. The van der Waals surface area contributed by atoms with Gasteiger partial charge in [-0.05, 0) is 23.6 Å². The zero-order valence-corrected chi connectivity index (χ0v) is 4.49. The Balaban J connectivity index is 0. The first-order chi connectivity index (χ1) is 1.91. The fourth-order valence-corrected chi connectivity index (χ4v) is 0. The third-order valence-electron chi connectivity index (χ3n) is 0.0357. The summed E-state index contributed by atoms with van der Waals surface area (Å²) in [5.41, 5.74) is 0. The molecule has 0 aliphatic carbocycles. The van der Waals surface area contributed by atoms with Crippen LogP contribution in [-0.4, -0.2) is 0 Å². The molecule has 5 heteroatoms. The lowest BCUT2D eigenvalue weighted by Gasteiger charge is -1.73. The zero-order chi connectivity index (χ0) is 3.41. The number of hydrogen-bond donors (Lipinski definition) is 2. The van der Waals surface area contributed by atoms with Crippen LogP contribution >= 0.6 is 36.0 Å². The Bertz CT molecular complexity index is 6.85. The number of halogens is 3. The van der Waals surface area contributed by atoms with Crippen LogP contribution in [0.15, 0.2) is 0 Å². The molecule has 0 saturated carbocycles. The van der Waals surface area contributed by atoms with E-state index in [1.165, 1.54) is 0 Å². The molecule has 0 aliphatic rings. The molecule has 5 heavy (non-hydrogen) atoms. The predicted molar refractivity (Wildman–Crippen MR) is 25.2 cm³/mol. The molecule has 0 amide bonds. The average molecular weight is 137 g/mol. The highest BCUT2D eigenvalue weighted by molar-refractivity contribution is 6.19. The van der Waals surface area contributed by atoms with Gasteiger partial charge in [-0.3, -0.25) is 0 Å². The van der Waals surface area contributed by atoms with E-state index >= 15 is 0 Å². The summed E-state index contributed by atoms with van der Waals surface area (Å²) in [5.74, 6) is 0. The first-order valence-corrected chi connectivity index (χ1v) is 1.38. The molecule has 0 fully saturated rings. The van der Waals surface area contributed by atoms with E-state index in [2.05, 4.69) is 0 Å². The van der Waals surface area contributed by atoms with E-state index in [1.807, 2.05) is 9.89 Å². The van der Waals surface area contributed by atoms with E-state index in [9.17, 15) is 0 Å². The summed E-state index contributed by atoms with van der Waals surface area (Å²) < 4.78 is 0. The van der Waals surface area contributed by atoms with Crippen molar-refractivity contribution in [2.75, 3.05) is 0 Å². The second kappa shape index (κ2) is 8.84. The molecule has 0 heterocycles. The highest BCUT2D eigenvalue weighted by Gasteiger charge is 1.51. The van der Waals surface area contributed by atoms with Gasteiger partial charge in [0.05, 0.1) is 0 Å². The van der Waals surface area contributed by atoms with Gasteiger partial charge in [0.1, 0.15) is 0 Å². The molecular weight excluding hydrogens is 134 g/mol. The van der Waals surface area contributed by atoms with E-state index in [0.717, 1.165) is 0 Å². The molecule has 0 aliphatic heterocycles. The maximum atomic E-state index is 4.69. The third-order valence-corrected chi connectivity index (χ3v) is 0.321. The van der Waals surface area contributed by atoms with Crippen molar-refractivity contribution < 1.29 is 0 Å². The van der Waals surface area contributed by atoms with Crippen LogP contribution in [0.5, 0.6) is 0 Å². The molecule has 0 saturated heterocycles. The largest absolute Gasteiger partial charge is 0.155 e. The zero-order valence-electron chi connectivity index (χ0n) is 2.16. The summed E-state index contributed by atoms with van der Waals surface area (Å²) >= 11 is 9.39. The molecular formula is H3Cl3N2. The van der Waals surface area contributed by atoms with Crippen LogP contribution in [0.25, 0.3) is 0 Å². The van der Waals surface area contributed by atoms with Gasteiger partial charge < -0.3 is 0 Å². The third kappa shape index (κ3) is 11.6. The SMILES string of the molecule is Cl.ClNNCl. The fourth-order valence-electron chi connectivity index (χ4n) is 0. The average Bonchev–Trinajstić information content (AvgIpc) is 1.37. The van der Waals surface area contributed by atoms with Gasteiger partial charge in [0.2, 0.25) is 0 Å². The monoisotopic (exact) mass is 136 g/mol. The number of hydrogen-bond acceptors (Lipinski definition) is 2. The van der Waals surface area contributed by atoms with Crippen molar-refractivity contribution in [3.63, 3.8) is 0 Å². The van der Waals surface area contributed by atoms with Crippen molar-refractivity contribution in [1.29, 1.82) is 0 Å². The lowest BCUT2D eigenvalue weighted by molar-refractivity contribution is 0.969. The first kappa shape index (κ1) is 9.25. The second-order valence-corrected chi connectivity index (χ2v) is 0.567. The fraction of sp³-hybridized carbons (Fsp3) is 0. The molecule has 0 bridgehead atoms. The number of hydrazine groups is 1. The van der Waals surface area contributed by atoms with Gasteiger partial charge in [0.15, 0.2) is 0 Å². The Hall–Kier alpha value is 0.790. The van der Waals surface area contributed by atoms with E-state index in [4.69, 9.17) is 23.6 Å². The molecule has 2 N–H and O–H groups in total. The quantitative estimate of drug-likeness (QED) is 0.413. The van der Waals surface area contributed by atoms with E-state index < -0.39 is 0 Å². The summed E-state index contributed by atoms with van der Waals surface area (Å²) in [6.07, 6.45) is 0. The Labute approximate surface area is 46.4 Å². The van der Waals surface area contributed by atoms with Crippen molar-refractivity contribution in [2.24, 2.45) is 0 Å². The highest BCUT2D eigenvalue weighted by Crippen LogP contribution is 1.51. The van der Waals surface area contributed by atoms with Gasteiger partial charge in [0.25, 0.3) is 0 Å². The Morgan fingerprint density at radius 2 is 1.20 bits per heavy atom. The maximum Gasteiger partial charge on any atom is -0.00763 e. The van der Waals surface area contributed by atoms with Gasteiger partial charge in [-0.25, -0.2) is 0 Å². The van der Waals surface area contributed by atoms with Crippen molar-refractivity contribution in [1.82, 2.24) is 9.89 Å². The predicted octanol–water partition coefficient (Wildman–Crippen LogP) is 0.810. The lowest BCUT2D eigenvalue weighted by Crippen LogP contribution is -2.07. The van der Waals surface area contributed by atoms with E-state index in [-0.39, 0.29) is 12.4 Å². The van der Waals surface area contributed by atoms with Crippen LogP contribution < -0.4 is 9.89 Å². The van der Waals surface area contributed by atoms with E-state index in [0.29, 0.717) is 0 Å². The van der Waals surface area contributed by atoms with Gasteiger partial charge in [0, 0.05) is 0 Å². The van der Waals surface area contributed by atoms with Crippen LogP contribution in [0, 0.1) is 0 Å². The molecule has 0 spiro atoms. The highest BCUT2D eigenvalue weighted by atomic mass is 35.5. The maximum absolute atomic E-state index is 4.69. The van der Waals surface area contributed by atoms with Crippen molar-refractivity contribution in [3.05, 3.63) is 0 Å². The molecule has 0 rings (SSSR count). The van der Waals surface area contributed by atoms with Crippen molar-refractivity contribution in [3.8, 4) is 0 Å². The summed E-state index contributed by atoms with van der Waals surface area (Å²) in [4.78, 5) is 3.84. The minimum atomic E-state index is 0. The normalized spacial score (nSPS) is 6.00. The molecule has 0 aromatic heterocycles. The van der Waals surface area contributed by atoms with Crippen LogP contribution in [-0.2, 0) is 0 Å².